The molecule has 0 saturated heterocycles. The van der Waals surface area contributed by atoms with Crippen LogP contribution in [0.5, 0.6) is 5.75 Å². The zero-order valence-electron chi connectivity index (χ0n) is 16.3. The Morgan fingerprint density at radius 2 is 1.75 bits per heavy atom. The Morgan fingerprint density at radius 1 is 1.11 bits per heavy atom. The molecule has 0 aliphatic rings. The average Bonchev–Trinajstić information content (AvgIpc) is 2.68. The number of carbonyl (C=O) groups excluding carboxylic acids is 1. The van der Waals surface area contributed by atoms with Crippen molar-refractivity contribution < 1.29 is 22.7 Å². The summed E-state index contributed by atoms with van der Waals surface area (Å²) in [5.74, 6) is 0.224. The molecule has 1 amide bonds. The van der Waals surface area contributed by atoms with E-state index in [2.05, 4.69) is 5.32 Å². The fourth-order valence-electron chi connectivity index (χ4n) is 2.68. The van der Waals surface area contributed by atoms with Crippen molar-refractivity contribution in [2.45, 2.75) is 24.8 Å². The van der Waals surface area contributed by atoms with Gasteiger partial charge in [-0.25, -0.2) is 8.42 Å². The lowest BCUT2D eigenvalue weighted by atomic mass is 10.3. The summed E-state index contributed by atoms with van der Waals surface area (Å²) in [7, 11) is -2.08. The molecule has 7 nitrogen and oxygen atoms in total. The SMILES string of the molecule is CCN(c1ccc(OCC(=O)N[C@@H](C)COC)cc1)S(=O)(=O)c1ccccc1. The first-order valence-corrected chi connectivity index (χ1v) is 10.4. The van der Waals surface area contributed by atoms with Gasteiger partial charge in [-0.1, -0.05) is 18.2 Å². The molecule has 2 rings (SSSR count). The second-order valence-corrected chi connectivity index (χ2v) is 8.05. The van der Waals surface area contributed by atoms with Crippen LogP contribution in [-0.2, 0) is 19.6 Å². The molecule has 8 heteroatoms. The molecule has 1 N–H and O–H groups in total. The van der Waals surface area contributed by atoms with Gasteiger partial charge in [0.15, 0.2) is 6.61 Å². The topological polar surface area (TPSA) is 84.9 Å². The van der Waals surface area contributed by atoms with E-state index in [1.165, 1.54) is 4.31 Å². The van der Waals surface area contributed by atoms with Crippen molar-refractivity contribution in [2.75, 3.05) is 31.2 Å². The number of nitrogens with one attached hydrogen (secondary N) is 1. The number of ether oxygens (including phenoxy) is 2. The van der Waals surface area contributed by atoms with Crippen molar-refractivity contribution in [1.29, 1.82) is 0 Å². The maximum atomic E-state index is 12.9. The molecule has 28 heavy (non-hydrogen) atoms. The molecular formula is C20H26N2O5S. The molecule has 0 aliphatic heterocycles. The Balaban J connectivity index is 2.03. The minimum Gasteiger partial charge on any atom is -0.484 e. The summed E-state index contributed by atoms with van der Waals surface area (Å²) in [5.41, 5.74) is 0.525. The molecule has 0 aromatic heterocycles. The standard InChI is InChI=1S/C20H26N2O5S/c1-4-22(28(24,25)19-8-6-5-7-9-19)17-10-12-18(13-11-17)27-15-20(23)21-16(2)14-26-3/h5-13,16H,4,14-15H2,1-3H3,(H,21,23)/t16-/m0/s1. The normalized spacial score (nSPS) is 12.2. The third kappa shape index (κ3) is 5.71. The maximum Gasteiger partial charge on any atom is 0.264 e. The van der Waals surface area contributed by atoms with Gasteiger partial charge in [0.05, 0.1) is 17.2 Å². The zero-order chi connectivity index (χ0) is 20.6. The van der Waals surface area contributed by atoms with Crippen LogP contribution in [0.15, 0.2) is 59.5 Å². The molecule has 0 saturated carbocycles. The Morgan fingerprint density at radius 3 is 2.32 bits per heavy atom. The fourth-order valence-corrected chi connectivity index (χ4v) is 4.17. The Labute approximate surface area is 166 Å². The molecule has 0 fully saturated rings. The predicted octanol–water partition coefficient (Wildman–Crippen LogP) is 2.43. The van der Waals surface area contributed by atoms with Crippen LogP contribution >= 0.6 is 0 Å². The summed E-state index contributed by atoms with van der Waals surface area (Å²) >= 11 is 0. The quantitative estimate of drug-likeness (QED) is 0.655. The first-order valence-electron chi connectivity index (χ1n) is 8.97. The highest BCUT2D eigenvalue weighted by atomic mass is 32.2. The smallest absolute Gasteiger partial charge is 0.264 e. The summed E-state index contributed by atoms with van der Waals surface area (Å²) < 4.78 is 37.5. The number of benzene rings is 2. The van der Waals surface area contributed by atoms with Crippen LogP contribution in [0.25, 0.3) is 0 Å². The molecule has 152 valence electrons. The van der Waals surface area contributed by atoms with E-state index in [9.17, 15) is 13.2 Å². The minimum absolute atomic E-state index is 0.107. The van der Waals surface area contributed by atoms with Crippen LogP contribution in [0.2, 0.25) is 0 Å². The van der Waals surface area contributed by atoms with Gasteiger partial charge in [-0.2, -0.15) is 0 Å². The molecular weight excluding hydrogens is 380 g/mol. The number of sulfonamides is 1. The number of rotatable bonds is 10. The van der Waals surface area contributed by atoms with E-state index < -0.39 is 10.0 Å². The Kier molecular flexibility index (Phi) is 7.83. The van der Waals surface area contributed by atoms with Gasteiger partial charge in [-0.3, -0.25) is 9.10 Å². The van der Waals surface area contributed by atoms with E-state index >= 15 is 0 Å². The Bertz CT molecular complexity index is 854. The molecule has 0 spiro atoms. The van der Waals surface area contributed by atoms with Crippen LogP contribution in [0.3, 0.4) is 0 Å². The summed E-state index contributed by atoms with van der Waals surface area (Å²) in [6.07, 6.45) is 0. The van der Waals surface area contributed by atoms with Crippen molar-refractivity contribution in [3.05, 3.63) is 54.6 Å². The number of anilines is 1. The van der Waals surface area contributed by atoms with Gasteiger partial charge in [0.25, 0.3) is 15.9 Å². The van der Waals surface area contributed by atoms with E-state index in [0.717, 1.165) is 0 Å². The van der Waals surface area contributed by atoms with Gasteiger partial charge in [0.2, 0.25) is 0 Å². The average molecular weight is 407 g/mol. The van der Waals surface area contributed by atoms with Crippen LogP contribution in [-0.4, -0.2) is 47.2 Å². The third-order valence-electron chi connectivity index (χ3n) is 3.94. The first kappa shape index (κ1) is 21.7. The lowest BCUT2D eigenvalue weighted by Crippen LogP contribution is -2.38. The van der Waals surface area contributed by atoms with E-state index in [1.807, 2.05) is 6.92 Å². The van der Waals surface area contributed by atoms with Gasteiger partial charge >= 0.3 is 0 Å². The van der Waals surface area contributed by atoms with Gasteiger partial charge in [0.1, 0.15) is 5.75 Å². The van der Waals surface area contributed by atoms with Gasteiger partial charge in [0, 0.05) is 19.7 Å². The van der Waals surface area contributed by atoms with Crippen LogP contribution < -0.4 is 14.4 Å². The van der Waals surface area contributed by atoms with Crippen molar-refractivity contribution in [3.63, 3.8) is 0 Å². The summed E-state index contributed by atoms with van der Waals surface area (Å²) in [5, 5.41) is 2.75. The molecule has 0 unspecified atom stereocenters. The second kappa shape index (κ2) is 10.1. The van der Waals surface area contributed by atoms with E-state index in [1.54, 1.807) is 68.6 Å². The number of nitrogens with zero attached hydrogens (tertiary/aromatic N) is 1. The molecule has 2 aromatic rings. The number of hydrogen-bond donors (Lipinski definition) is 1. The minimum atomic E-state index is -3.65. The molecule has 2 aromatic carbocycles. The number of methoxy groups -OCH3 is 1. The maximum absolute atomic E-state index is 12.9. The molecule has 0 bridgehead atoms. The van der Waals surface area contributed by atoms with E-state index in [0.29, 0.717) is 18.0 Å². The van der Waals surface area contributed by atoms with Crippen molar-refractivity contribution in [2.24, 2.45) is 0 Å². The summed E-state index contributed by atoms with van der Waals surface area (Å²) in [6, 6.07) is 14.8. The Hall–Kier alpha value is -2.58. The predicted molar refractivity (Wildman–Crippen MR) is 108 cm³/mol. The summed E-state index contributed by atoms with van der Waals surface area (Å²) in [4.78, 5) is 12.1. The number of hydrogen-bond acceptors (Lipinski definition) is 5. The molecule has 0 aliphatic carbocycles. The van der Waals surface area contributed by atoms with Gasteiger partial charge in [-0.05, 0) is 50.2 Å². The molecule has 0 radical (unpaired) electrons. The van der Waals surface area contributed by atoms with Gasteiger partial charge in [-0.15, -0.1) is 0 Å². The van der Waals surface area contributed by atoms with Crippen molar-refractivity contribution >= 4 is 21.6 Å². The second-order valence-electron chi connectivity index (χ2n) is 6.19. The van der Waals surface area contributed by atoms with Crippen LogP contribution in [0.4, 0.5) is 5.69 Å². The first-order chi connectivity index (χ1) is 13.4. The number of carbonyl (C=O) groups is 1. The van der Waals surface area contributed by atoms with Crippen LogP contribution in [0.1, 0.15) is 13.8 Å². The van der Waals surface area contributed by atoms with Gasteiger partial charge < -0.3 is 14.8 Å². The highest BCUT2D eigenvalue weighted by Crippen LogP contribution is 2.25. The van der Waals surface area contributed by atoms with E-state index in [4.69, 9.17) is 9.47 Å². The largest absolute Gasteiger partial charge is 0.484 e. The monoisotopic (exact) mass is 406 g/mol. The molecule has 0 heterocycles. The van der Waals surface area contributed by atoms with Crippen LogP contribution in [0, 0.1) is 0 Å². The number of amides is 1. The molecule has 1 atom stereocenters. The van der Waals surface area contributed by atoms with E-state index in [-0.39, 0.29) is 30.0 Å². The highest BCUT2D eigenvalue weighted by Gasteiger charge is 2.23. The van der Waals surface area contributed by atoms with Crippen molar-refractivity contribution in [1.82, 2.24) is 5.32 Å². The lowest BCUT2D eigenvalue weighted by molar-refractivity contribution is -0.124. The lowest BCUT2D eigenvalue weighted by Gasteiger charge is -2.23. The third-order valence-corrected chi connectivity index (χ3v) is 5.85. The fraction of sp³-hybridized carbons (Fsp3) is 0.350. The highest BCUT2D eigenvalue weighted by molar-refractivity contribution is 7.92. The zero-order valence-corrected chi connectivity index (χ0v) is 17.1. The van der Waals surface area contributed by atoms with Crippen molar-refractivity contribution in [3.8, 4) is 5.75 Å². The summed E-state index contributed by atoms with van der Waals surface area (Å²) in [6.45, 7) is 4.19.